The van der Waals surface area contributed by atoms with Gasteiger partial charge in [0.1, 0.15) is 0 Å². The molecule has 1 N–H and O–H groups in total. The molecule has 26 heavy (non-hydrogen) atoms. The van der Waals surface area contributed by atoms with Crippen LogP contribution in [0.3, 0.4) is 0 Å². The van der Waals surface area contributed by atoms with Crippen LogP contribution in [0.2, 0.25) is 0 Å². The molecule has 0 fully saturated rings. The average molecular weight is 469 g/mol. The van der Waals surface area contributed by atoms with Crippen molar-refractivity contribution in [1.29, 1.82) is 0 Å². The van der Waals surface area contributed by atoms with Gasteiger partial charge in [0.05, 0.1) is 5.69 Å². The third kappa shape index (κ3) is 6.63. The third-order valence-corrected chi connectivity index (χ3v) is 4.09. The summed E-state index contributed by atoms with van der Waals surface area (Å²) < 4.78 is 1.90. The molecule has 1 aromatic heterocycles. The van der Waals surface area contributed by atoms with E-state index in [9.17, 15) is 0 Å². The van der Waals surface area contributed by atoms with E-state index in [1.54, 1.807) is 0 Å². The molecular weight excluding hydrogens is 437 g/mol. The van der Waals surface area contributed by atoms with Crippen LogP contribution in [0, 0.1) is 0 Å². The summed E-state index contributed by atoms with van der Waals surface area (Å²) in [6, 6.07) is 10.5. The molecule has 1 aromatic carbocycles. The molecule has 0 spiro atoms. The summed E-state index contributed by atoms with van der Waals surface area (Å²) in [4.78, 5) is 6.97. The molecule has 0 radical (unpaired) electrons. The number of rotatable bonds is 7. The number of halogens is 1. The van der Waals surface area contributed by atoms with Crippen molar-refractivity contribution in [1.82, 2.24) is 20.0 Å². The van der Waals surface area contributed by atoms with E-state index < -0.39 is 0 Å². The van der Waals surface area contributed by atoms with Crippen LogP contribution < -0.4 is 5.32 Å². The van der Waals surface area contributed by atoms with Crippen molar-refractivity contribution in [3.8, 4) is 0 Å². The summed E-state index contributed by atoms with van der Waals surface area (Å²) in [6.07, 6.45) is 3.06. The van der Waals surface area contributed by atoms with Crippen molar-refractivity contribution >= 4 is 29.9 Å². The Labute approximate surface area is 174 Å². The minimum atomic E-state index is 0. The van der Waals surface area contributed by atoms with E-state index in [-0.39, 0.29) is 24.0 Å². The highest BCUT2D eigenvalue weighted by Crippen LogP contribution is 2.18. The lowest BCUT2D eigenvalue weighted by molar-refractivity contribution is 0.473. The maximum Gasteiger partial charge on any atom is 0.193 e. The van der Waals surface area contributed by atoms with Crippen molar-refractivity contribution in [2.75, 3.05) is 20.1 Å². The summed E-state index contributed by atoms with van der Waals surface area (Å²) in [5, 5.41) is 7.99. The van der Waals surface area contributed by atoms with Crippen LogP contribution in [0.4, 0.5) is 0 Å². The lowest BCUT2D eigenvalue weighted by atomic mass is 10.1. The average Bonchev–Trinajstić information content (AvgIpc) is 2.95. The molecule has 0 amide bonds. The minimum absolute atomic E-state index is 0. The second-order valence-corrected chi connectivity index (χ2v) is 6.70. The van der Waals surface area contributed by atoms with Crippen molar-refractivity contribution < 1.29 is 0 Å². The second kappa shape index (κ2) is 11.2. The first-order chi connectivity index (χ1) is 12.0. The van der Waals surface area contributed by atoms with Gasteiger partial charge in [-0.25, -0.2) is 0 Å². The molecule has 0 bridgehead atoms. The van der Waals surface area contributed by atoms with Gasteiger partial charge in [-0.1, -0.05) is 44.2 Å². The predicted molar refractivity (Wildman–Crippen MR) is 120 cm³/mol. The molecule has 0 saturated heterocycles. The first-order valence-corrected chi connectivity index (χ1v) is 9.07. The van der Waals surface area contributed by atoms with E-state index in [2.05, 4.69) is 73.6 Å². The van der Waals surface area contributed by atoms with E-state index in [4.69, 9.17) is 4.99 Å². The normalized spacial score (nSPS) is 11.4. The van der Waals surface area contributed by atoms with Crippen molar-refractivity contribution in [3.05, 3.63) is 53.3 Å². The molecule has 0 aliphatic rings. The van der Waals surface area contributed by atoms with Gasteiger partial charge in [0.25, 0.3) is 0 Å². The largest absolute Gasteiger partial charge is 0.357 e. The number of hydrogen-bond acceptors (Lipinski definition) is 2. The number of aromatic nitrogens is 2. The first-order valence-electron chi connectivity index (χ1n) is 9.07. The van der Waals surface area contributed by atoms with Crippen molar-refractivity contribution in [3.63, 3.8) is 0 Å². The van der Waals surface area contributed by atoms with Crippen LogP contribution >= 0.6 is 24.0 Å². The Hall–Kier alpha value is -1.57. The molecular formula is C20H32IN5. The van der Waals surface area contributed by atoms with Crippen LogP contribution in [-0.4, -0.2) is 40.8 Å². The van der Waals surface area contributed by atoms with Crippen LogP contribution in [0.25, 0.3) is 0 Å². The minimum Gasteiger partial charge on any atom is -0.357 e. The third-order valence-electron chi connectivity index (χ3n) is 4.09. The molecule has 0 aliphatic carbocycles. The van der Waals surface area contributed by atoms with Crippen LogP contribution in [0.5, 0.6) is 0 Å². The Morgan fingerprint density at radius 3 is 2.58 bits per heavy atom. The number of aliphatic imine (C=N–C) groups is 1. The Morgan fingerprint density at radius 1 is 1.27 bits per heavy atom. The molecule has 0 atom stereocenters. The fourth-order valence-corrected chi connectivity index (χ4v) is 2.90. The van der Waals surface area contributed by atoms with Gasteiger partial charge >= 0.3 is 0 Å². The van der Waals surface area contributed by atoms with Gasteiger partial charge in [-0.05, 0) is 24.8 Å². The molecule has 0 unspecified atom stereocenters. The number of nitrogens with one attached hydrogen (secondary N) is 1. The summed E-state index contributed by atoms with van der Waals surface area (Å²) in [5.74, 6) is 1.36. The zero-order valence-electron chi connectivity index (χ0n) is 16.6. The van der Waals surface area contributed by atoms with E-state index in [1.165, 1.54) is 11.1 Å². The molecule has 2 rings (SSSR count). The standard InChI is InChI=1S/C20H31N5.HI/c1-6-21-20(22-13-12-17-10-8-7-9-11-17)24(4)14-18-15-25(5)23-19(18)16(2)3;/h7-11,15-16H,6,12-14H2,1-5H3,(H,21,22);1H. The molecule has 1 heterocycles. The number of aryl methyl sites for hydroxylation is 1. The maximum atomic E-state index is 4.79. The van der Waals surface area contributed by atoms with Gasteiger partial charge in [-0.15, -0.1) is 24.0 Å². The highest BCUT2D eigenvalue weighted by Gasteiger charge is 2.15. The zero-order valence-corrected chi connectivity index (χ0v) is 18.9. The van der Waals surface area contributed by atoms with Gasteiger partial charge in [0.2, 0.25) is 0 Å². The fraction of sp³-hybridized carbons (Fsp3) is 0.500. The van der Waals surface area contributed by atoms with Gasteiger partial charge in [0, 0.05) is 45.5 Å². The SMILES string of the molecule is CCNC(=NCCc1ccccc1)N(C)Cc1cn(C)nc1C(C)C.I. The quantitative estimate of drug-likeness (QED) is 0.381. The summed E-state index contributed by atoms with van der Waals surface area (Å²) >= 11 is 0. The first kappa shape index (κ1) is 22.5. The Balaban J connectivity index is 0.00000338. The predicted octanol–water partition coefficient (Wildman–Crippen LogP) is 3.80. The maximum absolute atomic E-state index is 4.79. The fourth-order valence-electron chi connectivity index (χ4n) is 2.90. The van der Waals surface area contributed by atoms with Crippen LogP contribution in [0.15, 0.2) is 41.5 Å². The zero-order chi connectivity index (χ0) is 18.2. The topological polar surface area (TPSA) is 45.5 Å². The Bertz CT molecular complexity index is 679. The van der Waals surface area contributed by atoms with Gasteiger partial charge < -0.3 is 10.2 Å². The monoisotopic (exact) mass is 469 g/mol. The molecule has 6 heteroatoms. The van der Waals surface area contributed by atoms with Crippen LogP contribution in [0.1, 0.15) is 43.5 Å². The number of nitrogens with zero attached hydrogens (tertiary/aromatic N) is 4. The van der Waals surface area contributed by atoms with Crippen LogP contribution in [-0.2, 0) is 20.0 Å². The number of benzene rings is 1. The number of guanidine groups is 1. The lowest BCUT2D eigenvalue weighted by Crippen LogP contribution is -2.38. The van der Waals surface area contributed by atoms with Gasteiger partial charge in [-0.3, -0.25) is 9.67 Å². The van der Waals surface area contributed by atoms with E-state index >= 15 is 0 Å². The van der Waals surface area contributed by atoms with E-state index in [1.807, 2.05) is 17.8 Å². The molecule has 5 nitrogen and oxygen atoms in total. The Morgan fingerprint density at radius 2 is 1.96 bits per heavy atom. The lowest BCUT2D eigenvalue weighted by Gasteiger charge is -2.22. The smallest absolute Gasteiger partial charge is 0.193 e. The number of hydrogen-bond donors (Lipinski definition) is 1. The highest BCUT2D eigenvalue weighted by atomic mass is 127. The van der Waals surface area contributed by atoms with Gasteiger partial charge in [-0.2, -0.15) is 5.10 Å². The van der Waals surface area contributed by atoms with Crippen molar-refractivity contribution in [2.45, 2.75) is 39.7 Å². The molecule has 144 valence electrons. The van der Waals surface area contributed by atoms with Gasteiger partial charge in [0.15, 0.2) is 5.96 Å². The molecule has 0 saturated carbocycles. The Kier molecular flexibility index (Phi) is 9.69. The summed E-state index contributed by atoms with van der Waals surface area (Å²) in [7, 11) is 4.07. The highest BCUT2D eigenvalue weighted by molar-refractivity contribution is 14.0. The molecule has 2 aromatic rings. The summed E-state index contributed by atoms with van der Waals surface area (Å²) in [6.45, 7) is 8.91. The molecule has 0 aliphatic heterocycles. The van der Waals surface area contributed by atoms with Crippen molar-refractivity contribution in [2.24, 2.45) is 12.0 Å². The van der Waals surface area contributed by atoms with E-state index in [0.717, 1.165) is 37.7 Å². The van der Waals surface area contributed by atoms with E-state index in [0.29, 0.717) is 5.92 Å². The second-order valence-electron chi connectivity index (χ2n) is 6.70. The summed E-state index contributed by atoms with van der Waals surface area (Å²) in [5.41, 5.74) is 3.74.